The van der Waals surface area contributed by atoms with E-state index in [1.54, 1.807) is 0 Å². The van der Waals surface area contributed by atoms with Crippen LogP contribution in [0.3, 0.4) is 0 Å². The third-order valence-electron chi connectivity index (χ3n) is 5.11. The van der Waals surface area contributed by atoms with E-state index in [0.29, 0.717) is 22.3 Å². The summed E-state index contributed by atoms with van der Waals surface area (Å²) in [5.41, 5.74) is -0.513. The molecule has 0 aliphatic rings. The van der Waals surface area contributed by atoms with Crippen molar-refractivity contribution in [1.29, 1.82) is 10.5 Å². The van der Waals surface area contributed by atoms with E-state index in [1.807, 2.05) is 12.1 Å². The average Bonchev–Trinajstić information content (AvgIpc) is 3.01. The summed E-state index contributed by atoms with van der Waals surface area (Å²) in [5.74, 6) is -3.56. The predicted octanol–water partition coefficient (Wildman–Crippen LogP) is 8.55. The van der Waals surface area contributed by atoms with E-state index in [4.69, 9.17) is 10.5 Å². The minimum Gasteiger partial charge on any atom is -0.202 e. The van der Waals surface area contributed by atoms with Crippen LogP contribution in [-0.2, 0) is 0 Å². The molecule has 4 rings (SSSR count). The van der Waals surface area contributed by atoms with E-state index >= 15 is 0 Å². The van der Waals surface area contributed by atoms with Gasteiger partial charge in [0.05, 0.1) is 32.2 Å². The lowest BCUT2D eigenvalue weighted by molar-refractivity contribution is 0.443. The molecule has 0 spiro atoms. The Morgan fingerprint density at radius 1 is 0.381 bits per heavy atom. The highest BCUT2D eigenvalue weighted by Gasteiger charge is 2.24. The van der Waals surface area contributed by atoms with Gasteiger partial charge in [-0.1, -0.05) is 23.7 Å². The molecule has 0 unspecified atom stereocenters. The van der Waals surface area contributed by atoms with Crippen molar-refractivity contribution >= 4 is 31.9 Å². The molecule has 2 nitrogen and oxygen atoms in total. The SMILES string of the molecule is N#Cc1ccc(C#Cc2c(F)c(F)c(Br)c(F)c2F)cc1.N#Cc1ccc(C#Cc2c(F)c(F)c(Br)c(F)c2F)cc1. The van der Waals surface area contributed by atoms with E-state index in [-0.39, 0.29) is 0 Å². The Kier molecular flexibility index (Phi) is 10.5. The van der Waals surface area contributed by atoms with Crippen molar-refractivity contribution in [2.45, 2.75) is 0 Å². The van der Waals surface area contributed by atoms with Crippen molar-refractivity contribution in [2.24, 2.45) is 0 Å². The molecular weight excluding hydrogens is 700 g/mol. The molecule has 0 saturated heterocycles. The third-order valence-corrected chi connectivity index (χ3v) is 6.50. The normalized spacial score (nSPS) is 9.71. The quantitative estimate of drug-likeness (QED) is 0.0796. The molecule has 0 saturated carbocycles. The van der Waals surface area contributed by atoms with Gasteiger partial charge in [0.1, 0.15) is 11.1 Å². The lowest BCUT2D eigenvalue weighted by Gasteiger charge is -2.03. The number of nitrogens with zero attached hydrogens (tertiary/aromatic N) is 2. The van der Waals surface area contributed by atoms with Gasteiger partial charge in [-0.3, -0.25) is 0 Å². The third kappa shape index (κ3) is 6.98. The van der Waals surface area contributed by atoms with Crippen molar-refractivity contribution in [3.63, 3.8) is 0 Å². The second-order valence-corrected chi connectivity index (χ2v) is 9.35. The predicted molar refractivity (Wildman–Crippen MR) is 142 cm³/mol. The fraction of sp³-hybridized carbons (Fsp3) is 0. The first-order chi connectivity index (χ1) is 19.9. The molecule has 0 bridgehead atoms. The number of nitriles is 2. The molecule has 0 aromatic heterocycles. The molecule has 42 heavy (non-hydrogen) atoms. The van der Waals surface area contributed by atoms with Gasteiger partial charge in [-0.05, 0) is 80.4 Å². The number of hydrogen-bond donors (Lipinski definition) is 0. The van der Waals surface area contributed by atoms with Crippen LogP contribution < -0.4 is 0 Å². The second-order valence-electron chi connectivity index (χ2n) is 7.77. The van der Waals surface area contributed by atoms with Crippen molar-refractivity contribution < 1.29 is 35.1 Å². The van der Waals surface area contributed by atoms with Crippen molar-refractivity contribution in [2.75, 3.05) is 0 Å². The Bertz CT molecular complexity index is 1700. The van der Waals surface area contributed by atoms with Gasteiger partial charge in [-0.25, -0.2) is 35.1 Å². The highest BCUT2D eigenvalue weighted by atomic mass is 79.9. The Morgan fingerprint density at radius 3 is 0.857 bits per heavy atom. The Labute approximate surface area is 250 Å². The van der Waals surface area contributed by atoms with Crippen LogP contribution in [-0.4, -0.2) is 0 Å². The van der Waals surface area contributed by atoms with E-state index in [0.717, 1.165) is 0 Å². The van der Waals surface area contributed by atoms with Gasteiger partial charge in [0.15, 0.2) is 46.5 Å². The molecule has 0 aliphatic heterocycles. The molecule has 0 radical (unpaired) electrons. The lowest BCUT2D eigenvalue weighted by Crippen LogP contribution is -2.01. The molecule has 4 aromatic carbocycles. The Morgan fingerprint density at radius 2 is 0.619 bits per heavy atom. The van der Waals surface area contributed by atoms with Gasteiger partial charge in [-0.15, -0.1) is 0 Å². The zero-order chi connectivity index (χ0) is 31.1. The fourth-order valence-electron chi connectivity index (χ4n) is 2.95. The van der Waals surface area contributed by atoms with Crippen molar-refractivity contribution in [3.8, 4) is 35.8 Å². The number of halogens is 10. The van der Waals surface area contributed by atoms with Crippen LogP contribution in [0.4, 0.5) is 35.1 Å². The highest BCUT2D eigenvalue weighted by molar-refractivity contribution is 9.10. The molecule has 0 atom stereocenters. The van der Waals surface area contributed by atoms with Gasteiger partial charge in [0.2, 0.25) is 0 Å². The summed E-state index contributed by atoms with van der Waals surface area (Å²) in [4.78, 5) is 0. The van der Waals surface area contributed by atoms with Gasteiger partial charge >= 0.3 is 0 Å². The van der Waals surface area contributed by atoms with Crippen LogP contribution in [0.25, 0.3) is 0 Å². The summed E-state index contributed by atoms with van der Waals surface area (Å²) in [5, 5.41) is 17.2. The number of benzene rings is 4. The van der Waals surface area contributed by atoms with Crippen LogP contribution in [0.1, 0.15) is 33.4 Å². The zero-order valence-electron chi connectivity index (χ0n) is 20.3. The van der Waals surface area contributed by atoms with E-state index < -0.39 is 66.6 Å². The average molecular weight is 708 g/mol. The van der Waals surface area contributed by atoms with Crippen LogP contribution in [0, 0.1) is 92.9 Å². The van der Waals surface area contributed by atoms with E-state index in [2.05, 4.69) is 55.5 Å². The first-order valence-corrected chi connectivity index (χ1v) is 12.6. The molecule has 0 heterocycles. The molecule has 12 heteroatoms. The standard InChI is InChI=1S/2C15H4BrF4N/c2*16-11-14(19)12(17)10(13(18)15(11)20)6-5-8-1-3-9(7-21)4-2-8/h2*1-4H. The van der Waals surface area contributed by atoms with Crippen LogP contribution >= 0.6 is 31.9 Å². The molecular formula is C30H8Br2F8N2. The molecule has 208 valence electrons. The zero-order valence-corrected chi connectivity index (χ0v) is 23.5. The Hall–Kier alpha value is -4.62. The van der Waals surface area contributed by atoms with E-state index in [1.165, 1.54) is 48.5 Å². The number of rotatable bonds is 0. The maximum atomic E-state index is 13.6. The largest absolute Gasteiger partial charge is 0.202 e. The van der Waals surface area contributed by atoms with E-state index in [9.17, 15) is 35.1 Å². The second kappa shape index (κ2) is 13.8. The smallest absolute Gasteiger partial charge is 0.178 e. The summed E-state index contributed by atoms with van der Waals surface area (Å²) in [6.07, 6.45) is 0. The summed E-state index contributed by atoms with van der Waals surface area (Å²) < 4.78 is 106. The Balaban J connectivity index is 0.000000230. The summed E-state index contributed by atoms with van der Waals surface area (Å²) in [6, 6.07) is 15.4. The van der Waals surface area contributed by atoms with Gasteiger partial charge in [-0.2, -0.15) is 10.5 Å². The molecule has 0 N–H and O–H groups in total. The molecule has 4 aromatic rings. The molecule has 0 aliphatic carbocycles. The monoisotopic (exact) mass is 706 g/mol. The molecule has 0 fully saturated rings. The molecule has 0 amide bonds. The number of hydrogen-bond acceptors (Lipinski definition) is 2. The first kappa shape index (κ1) is 31.9. The summed E-state index contributed by atoms with van der Waals surface area (Å²) in [7, 11) is 0. The maximum Gasteiger partial charge on any atom is 0.178 e. The highest BCUT2D eigenvalue weighted by Crippen LogP contribution is 2.28. The van der Waals surface area contributed by atoms with Crippen LogP contribution in [0.5, 0.6) is 0 Å². The minimum absolute atomic E-state index is 0.344. The summed E-state index contributed by atoms with van der Waals surface area (Å²) >= 11 is 4.84. The van der Waals surface area contributed by atoms with Gasteiger partial charge in [0, 0.05) is 11.1 Å². The summed E-state index contributed by atoms with van der Waals surface area (Å²) in [6.45, 7) is 0. The van der Waals surface area contributed by atoms with Crippen molar-refractivity contribution in [3.05, 3.63) is 137 Å². The minimum atomic E-state index is -1.57. The fourth-order valence-corrected chi connectivity index (χ4v) is 3.65. The van der Waals surface area contributed by atoms with Gasteiger partial charge in [0.25, 0.3) is 0 Å². The van der Waals surface area contributed by atoms with Gasteiger partial charge < -0.3 is 0 Å². The van der Waals surface area contributed by atoms with Crippen LogP contribution in [0.2, 0.25) is 0 Å². The maximum absolute atomic E-state index is 13.6. The van der Waals surface area contributed by atoms with Crippen molar-refractivity contribution in [1.82, 2.24) is 0 Å². The first-order valence-electron chi connectivity index (χ1n) is 11.0. The lowest BCUT2D eigenvalue weighted by atomic mass is 10.1. The topological polar surface area (TPSA) is 47.6 Å². The van der Waals surface area contributed by atoms with Crippen LogP contribution in [0.15, 0.2) is 57.5 Å².